The number of hydrogen-bond donors (Lipinski definition) is 0. The first-order valence-corrected chi connectivity index (χ1v) is 7.51. The zero-order valence-electron chi connectivity index (χ0n) is 11.7. The third-order valence-corrected chi connectivity index (χ3v) is 4.26. The van der Waals surface area contributed by atoms with Gasteiger partial charge in [0.1, 0.15) is 0 Å². The highest BCUT2D eigenvalue weighted by molar-refractivity contribution is 5.28. The van der Waals surface area contributed by atoms with Gasteiger partial charge in [0.15, 0.2) is 0 Å². The fraction of sp³-hybridized carbons (Fsp3) is 0.625. The number of nitrogens with zero attached hydrogens (tertiary/aromatic N) is 2. The Kier molecular flexibility index (Phi) is 4.49. The molecular formula is C16H24N2O. The topological polar surface area (TPSA) is 15.7 Å². The summed E-state index contributed by atoms with van der Waals surface area (Å²) in [6, 6.07) is 8.88. The summed E-state index contributed by atoms with van der Waals surface area (Å²) in [5, 5.41) is 0. The van der Waals surface area contributed by atoms with Crippen LogP contribution in [-0.4, -0.2) is 55.7 Å². The van der Waals surface area contributed by atoms with Crippen LogP contribution in [0, 0.1) is 0 Å². The molecule has 2 aliphatic rings. The summed E-state index contributed by atoms with van der Waals surface area (Å²) in [5.41, 5.74) is 3.08. The van der Waals surface area contributed by atoms with Gasteiger partial charge >= 0.3 is 0 Å². The lowest BCUT2D eigenvalue weighted by atomic mass is 10.00. The van der Waals surface area contributed by atoms with Crippen molar-refractivity contribution in [2.75, 3.05) is 45.9 Å². The monoisotopic (exact) mass is 260 g/mol. The Morgan fingerprint density at radius 2 is 1.63 bits per heavy atom. The Labute approximate surface area is 116 Å². The molecule has 3 heteroatoms. The molecule has 0 atom stereocenters. The van der Waals surface area contributed by atoms with Gasteiger partial charge in [0.25, 0.3) is 0 Å². The summed E-state index contributed by atoms with van der Waals surface area (Å²) >= 11 is 0. The van der Waals surface area contributed by atoms with E-state index in [2.05, 4.69) is 34.1 Å². The first kappa shape index (κ1) is 13.1. The van der Waals surface area contributed by atoms with Crippen LogP contribution < -0.4 is 0 Å². The van der Waals surface area contributed by atoms with Gasteiger partial charge in [-0.15, -0.1) is 0 Å². The van der Waals surface area contributed by atoms with E-state index in [9.17, 15) is 0 Å². The zero-order chi connectivity index (χ0) is 12.9. The molecular weight excluding hydrogens is 236 g/mol. The molecule has 0 N–H and O–H groups in total. The van der Waals surface area contributed by atoms with Crippen LogP contribution in [0.3, 0.4) is 0 Å². The van der Waals surface area contributed by atoms with E-state index in [4.69, 9.17) is 4.74 Å². The predicted octanol–water partition coefficient (Wildman–Crippen LogP) is 1.77. The van der Waals surface area contributed by atoms with Gasteiger partial charge in [-0.3, -0.25) is 9.80 Å². The molecule has 2 aliphatic heterocycles. The van der Waals surface area contributed by atoms with Crippen LogP contribution in [-0.2, 0) is 17.7 Å². The number of benzene rings is 1. The molecule has 0 spiro atoms. The summed E-state index contributed by atoms with van der Waals surface area (Å²) < 4.78 is 5.38. The van der Waals surface area contributed by atoms with E-state index in [1.807, 2.05) is 0 Å². The SMILES string of the molecule is c1ccc2c(c1)CCN(CCCN1CCOCC1)C2. The van der Waals surface area contributed by atoms with Gasteiger partial charge in [-0.05, 0) is 37.1 Å². The maximum absolute atomic E-state index is 5.38. The molecule has 2 heterocycles. The fourth-order valence-corrected chi connectivity index (χ4v) is 3.09. The van der Waals surface area contributed by atoms with Crippen LogP contribution in [0.1, 0.15) is 17.5 Å². The second kappa shape index (κ2) is 6.51. The first-order valence-electron chi connectivity index (χ1n) is 7.51. The number of hydrogen-bond acceptors (Lipinski definition) is 3. The van der Waals surface area contributed by atoms with E-state index in [0.29, 0.717) is 0 Å². The van der Waals surface area contributed by atoms with Crippen LogP contribution >= 0.6 is 0 Å². The minimum Gasteiger partial charge on any atom is -0.379 e. The lowest BCUT2D eigenvalue weighted by Gasteiger charge is -2.30. The molecule has 104 valence electrons. The molecule has 0 aliphatic carbocycles. The number of rotatable bonds is 4. The Hall–Kier alpha value is -0.900. The number of morpholine rings is 1. The van der Waals surface area contributed by atoms with Gasteiger partial charge in [-0.1, -0.05) is 24.3 Å². The lowest BCUT2D eigenvalue weighted by Crippen LogP contribution is -2.38. The van der Waals surface area contributed by atoms with E-state index in [0.717, 1.165) is 32.8 Å². The molecule has 0 aromatic heterocycles. The molecule has 3 nitrogen and oxygen atoms in total. The second-order valence-electron chi connectivity index (χ2n) is 5.60. The van der Waals surface area contributed by atoms with Crippen molar-refractivity contribution in [1.29, 1.82) is 0 Å². The highest BCUT2D eigenvalue weighted by Gasteiger charge is 2.16. The maximum atomic E-state index is 5.38. The largest absolute Gasteiger partial charge is 0.379 e. The van der Waals surface area contributed by atoms with Gasteiger partial charge < -0.3 is 4.74 Å². The van der Waals surface area contributed by atoms with Crippen molar-refractivity contribution in [3.63, 3.8) is 0 Å². The van der Waals surface area contributed by atoms with Gasteiger partial charge in [-0.25, -0.2) is 0 Å². The van der Waals surface area contributed by atoms with Crippen molar-refractivity contribution in [1.82, 2.24) is 9.80 Å². The van der Waals surface area contributed by atoms with E-state index in [-0.39, 0.29) is 0 Å². The normalized spacial score (nSPS) is 21.3. The Balaban J connectivity index is 1.42. The molecule has 1 fully saturated rings. The number of ether oxygens (including phenoxy) is 1. The molecule has 1 saturated heterocycles. The summed E-state index contributed by atoms with van der Waals surface area (Å²) in [6.07, 6.45) is 2.50. The summed E-state index contributed by atoms with van der Waals surface area (Å²) in [5.74, 6) is 0. The summed E-state index contributed by atoms with van der Waals surface area (Å²) in [6.45, 7) is 8.87. The molecule has 19 heavy (non-hydrogen) atoms. The van der Waals surface area contributed by atoms with Crippen molar-refractivity contribution in [3.8, 4) is 0 Å². The molecule has 0 amide bonds. The van der Waals surface area contributed by atoms with Gasteiger partial charge in [0.2, 0.25) is 0 Å². The second-order valence-corrected chi connectivity index (χ2v) is 5.60. The number of fused-ring (bicyclic) bond motifs is 1. The summed E-state index contributed by atoms with van der Waals surface area (Å²) in [7, 11) is 0. The fourth-order valence-electron chi connectivity index (χ4n) is 3.09. The van der Waals surface area contributed by atoms with Gasteiger partial charge in [0.05, 0.1) is 13.2 Å². The highest BCUT2D eigenvalue weighted by atomic mass is 16.5. The highest BCUT2D eigenvalue weighted by Crippen LogP contribution is 2.18. The first-order chi connectivity index (χ1) is 9.42. The van der Waals surface area contributed by atoms with Crippen molar-refractivity contribution < 1.29 is 4.74 Å². The Morgan fingerprint density at radius 3 is 2.47 bits per heavy atom. The maximum Gasteiger partial charge on any atom is 0.0594 e. The van der Waals surface area contributed by atoms with E-state index >= 15 is 0 Å². The minimum atomic E-state index is 0.914. The standard InChI is InChI=1S/C16H24N2O/c1-2-5-16-14-18(9-6-15(16)4-1)8-3-7-17-10-12-19-13-11-17/h1-2,4-5H,3,6-14H2. The average molecular weight is 260 g/mol. The Morgan fingerprint density at radius 1 is 0.895 bits per heavy atom. The lowest BCUT2D eigenvalue weighted by molar-refractivity contribution is 0.0359. The van der Waals surface area contributed by atoms with Crippen molar-refractivity contribution in [3.05, 3.63) is 35.4 Å². The molecule has 0 radical (unpaired) electrons. The third kappa shape index (κ3) is 3.56. The third-order valence-electron chi connectivity index (χ3n) is 4.26. The van der Waals surface area contributed by atoms with Crippen LogP contribution in [0.5, 0.6) is 0 Å². The average Bonchev–Trinajstić information content (AvgIpc) is 2.48. The quantitative estimate of drug-likeness (QED) is 0.820. The van der Waals surface area contributed by atoms with Gasteiger partial charge in [-0.2, -0.15) is 0 Å². The zero-order valence-corrected chi connectivity index (χ0v) is 11.7. The van der Waals surface area contributed by atoms with E-state index in [1.165, 1.54) is 38.0 Å². The van der Waals surface area contributed by atoms with E-state index in [1.54, 1.807) is 5.56 Å². The molecule has 1 aromatic carbocycles. The smallest absolute Gasteiger partial charge is 0.0594 e. The summed E-state index contributed by atoms with van der Waals surface area (Å²) in [4.78, 5) is 5.13. The Bertz CT molecular complexity index is 401. The van der Waals surface area contributed by atoms with Crippen LogP contribution in [0.25, 0.3) is 0 Å². The van der Waals surface area contributed by atoms with Crippen molar-refractivity contribution >= 4 is 0 Å². The van der Waals surface area contributed by atoms with Crippen molar-refractivity contribution in [2.45, 2.75) is 19.4 Å². The molecule has 0 bridgehead atoms. The van der Waals surface area contributed by atoms with E-state index < -0.39 is 0 Å². The van der Waals surface area contributed by atoms with Crippen LogP contribution in [0.2, 0.25) is 0 Å². The predicted molar refractivity (Wildman–Crippen MR) is 77.3 cm³/mol. The molecule has 1 aromatic rings. The molecule has 3 rings (SSSR count). The van der Waals surface area contributed by atoms with Gasteiger partial charge in [0, 0.05) is 26.2 Å². The van der Waals surface area contributed by atoms with Crippen LogP contribution in [0.15, 0.2) is 24.3 Å². The molecule has 0 saturated carbocycles. The molecule has 0 unspecified atom stereocenters. The minimum absolute atomic E-state index is 0.914. The van der Waals surface area contributed by atoms with Crippen molar-refractivity contribution in [2.24, 2.45) is 0 Å². The van der Waals surface area contributed by atoms with Crippen LogP contribution in [0.4, 0.5) is 0 Å².